The topological polar surface area (TPSA) is 26.5 Å². The van der Waals surface area contributed by atoms with Crippen LogP contribution in [0.4, 0.5) is 0 Å². The van der Waals surface area contributed by atoms with E-state index in [1.807, 2.05) is 34.9 Å². The number of imidazole rings is 1. The van der Waals surface area contributed by atoms with Crippen molar-refractivity contribution in [3.05, 3.63) is 65.7 Å². The van der Waals surface area contributed by atoms with E-state index in [1.165, 1.54) is 5.56 Å². The number of nitrogens with zero attached hydrogens (tertiary/aromatic N) is 2. The molecule has 0 saturated heterocycles. The maximum absolute atomic E-state index is 6.25. The third-order valence-corrected chi connectivity index (χ3v) is 3.65. The third-order valence-electron chi connectivity index (χ3n) is 3.44. The first-order valence-corrected chi connectivity index (χ1v) is 7.48. The summed E-state index contributed by atoms with van der Waals surface area (Å²) in [6.45, 7) is 2.16. The molecule has 0 fully saturated rings. The van der Waals surface area contributed by atoms with Gasteiger partial charge >= 0.3 is 0 Å². The first kappa shape index (κ1) is 14.0. The smallest absolute Gasteiger partial charge is 0.147 e. The van der Waals surface area contributed by atoms with Crippen molar-refractivity contribution in [1.29, 1.82) is 0 Å². The number of halogens is 1. The lowest BCUT2D eigenvalue weighted by Gasteiger charge is -2.20. The van der Waals surface area contributed by atoms with Gasteiger partial charge in [0.05, 0.1) is 17.5 Å². The van der Waals surface area contributed by atoms with E-state index in [2.05, 4.69) is 24.0 Å². The van der Waals surface area contributed by atoms with E-state index in [1.54, 1.807) is 12.5 Å². The van der Waals surface area contributed by atoms with Gasteiger partial charge in [-0.15, -0.1) is 0 Å². The zero-order valence-electron chi connectivity index (χ0n) is 11.9. The number of rotatable bonds is 5. The van der Waals surface area contributed by atoms with Crippen molar-refractivity contribution in [1.82, 2.24) is 9.38 Å². The van der Waals surface area contributed by atoms with Gasteiger partial charge in [0.15, 0.2) is 0 Å². The molecule has 0 spiro atoms. The molecule has 108 valence electrons. The zero-order chi connectivity index (χ0) is 14.7. The van der Waals surface area contributed by atoms with Crippen molar-refractivity contribution < 1.29 is 4.74 Å². The molecule has 0 amide bonds. The molecular weight excluding hydrogens is 284 g/mol. The van der Waals surface area contributed by atoms with Crippen LogP contribution in [-0.2, 0) is 0 Å². The second kappa shape index (κ2) is 6.19. The fourth-order valence-corrected chi connectivity index (χ4v) is 2.64. The Bertz CT molecular complexity index is 724. The maximum atomic E-state index is 6.25. The van der Waals surface area contributed by atoms with Crippen LogP contribution in [0, 0.1) is 0 Å². The Kier molecular flexibility index (Phi) is 4.11. The largest absolute Gasteiger partial charge is 0.483 e. The second-order valence-electron chi connectivity index (χ2n) is 5.01. The monoisotopic (exact) mass is 300 g/mol. The molecule has 2 heterocycles. The maximum Gasteiger partial charge on any atom is 0.147 e. The summed E-state index contributed by atoms with van der Waals surface area (Å²) >= 11 is 6.16. The highest BCUT2D eigenvalue weighted by atomic mass is 35.5. The molecule has 21 heavy (non-hydrogen) atoms. The molecule has 0 unspecified atom stereocenters. The Balaban J connectivity index is 1.96. The van der Waals surface area contributed by atoms with Gasteiger partial charge in [-0.1, -0.05) is 55.3 Å². The van der Waals surface area contributed by atoms with Gasteiger partial charge in [-0.05, 0) is 12.0 Å². The average Bonchev–Trinajstić information content (AvgIpc) is 2.96. The van der Waals surface area contributed by atoms with Gasteiger partial charge in [0.25, 0.3) is 0 Å². The number of ether oxygens (including phenoxy) is 1. The predicted molar refractivity (Wildman–Crippen MR) is 84.9 cm³/mol. The molecule has 4 heteroatoms. The summed E-state index contributed by atoms with van der Waals surface area (Å²) in [4.78, 5) is 4.15. The minimum atomic E-state index is 0.0216. The lowest BCUT2D eigenvalue weighted by molar-refractivity contribution is 0.196. The van der Waals surface area contributed by atoms with Crippen molar-refractivity contribution in [2.75, 3.05) is 0 Å². The van der Waals surface area contributed by atoms with Crippen LogP contribution in [0.15, 0.2) is 55.1 Å². The fourth-order valence-electron chi connectivity index (χ4n) is 2.44. The quantitative estimate of drug-likeness (QED) is 0.669. The Labute approximate surface area is 129 Å². The molecule has 1 atom stereocenters. The first-order valence-electron chi connectivity index (χ1n) is 7.10. The molecule has 0 aliphatic rings. The number of aromatic nitrogens is 2. The van der Waals surface area contributed by atoms with Gasteiger partial charge in [0, 0.05) is 12.3 Å². The molecule has 3 rings (SSSR count). The fraction of sp³-hybridized carbons (Fsp3) is 0.235. The van der Waals surface area contributed by atoms with Crippen molar-refractivity contribution in [3.8, 4) is 5.75 Å². The summed E-state index contributed by atoms with van der Waals surface area (Å²) in [6, 6.07) is 12.1. The Morgan fingerprint density at radius 2 is 2.10 bits per heavy atom. The van der Waals surface area contributed by atoms with Gasteiger partial charge in [-0.2, -0.15) is 0 Å². The normalized spacial score (nSPS) is 12.5. The third kappa shape index (κ3) is 3.03. The number of fused-ring (bicyclic) bond motifs is 1. The highest BCUT2D eigenvalue weighted by molar-refractivity contribution is 6.30. The Morgan fingerprint density at radius 1 is 1.29 bits per heavy atom. The molecule has 0 aliphatic heterocycles. The van der Waals surface area contributed by atoms with E-state index in [0.717, 1.165) is 24.1 Å². The van der Waals surface area contributed by atoms with Crippen LogP contribution in [0.25, 0.3) is 5.52 Å². The van der Waals surface area contributed by atoms with Crippen LogP contribution < -0.4 is 4.74 Å². The van der Waals surface area contributed by atoms with E-state index >= 15 is 0 Å². The van der Waals surface area contributed by atoms with Gasteiger partial charge in [-0.3, -0.25) is 0 Å². The number of pyridine rings is 1. The molecule has 1 aromatic carbocycles. The highest BCUT2D eigenvalue weighted by Crippen LogP contribution is 2.31. The van der Waals surface area contributed by atoms with Crippen molar-refractivity contribution in [2.45, 2.75) is 25.9 Å². The van der Waals surface area contributed by atoms with Crippen LogP contribution in [0.1, 0.15) is 31.4 Å². The summed E-state index contributed by atoms with van der Waals surface area (Å²) in [6.07, 6.45) is 7.37. The standard InChI is InChI=1S/C17H17ClN2O/c1-2-6-16(13-7-4-3-5-8-13)21-17-9-14(18)11-20-12-19-10-15(17)20/h3-5,7-12,16H,2,6H2,1H3/t16-/m1/s1. The lowest BCUT2D eigenvalue weighted by atomic mass is 10.1. The Morgan fingerprint density at radius 3 is 2.86 bits per heavy atom. The van der Waals surface area contributed by atoms with Gasteiger partial charge < -0.3 is 9.14 Å². The average molecular weight is 301 g/mol. The summed E-state index contributed by atoms with van der Waals surface area (Å²) in [5.41, 5.74) is 2.11. The molecule has 3 nitrogen and oxygen atoms in total. The number of hydrogen-bond donors (Lipinski definition) is 0. The van der Waals surface area contributed by atoms with Gasteiger partial charge in [-0.25, -0.2) is 4.98 Å². The van der Waals surface area contributed by atoms with E-state index in [-0.39, 0.29) is 6.10 Å². The zero-order valence-corrected chi connectivity index (χ0v) is 12.6. The molecule has 0 saturated carbocycles. The molecule has 0 radical (unpaired) electrons. The second-order valence-corrected chi connectivity index (χ2v) is 5.45. The SMILES string of the molecule is CCC[C@@H](Oc1cc(Cl)cn2cncc12)c1ccccc1. The van der Waals surface area contributed by atoms with E-state index in [4.69, 9.17) is 16.3 Å². The number of benzene rings is 1. The van der Waals surface area contributed by atoms with Crippen LogP contribution in [-0.4, -0.2) is 9.38 Å². The van der Waals surface area contributed by atoms with Crippen molar-refractivity contribution in [3.63, 3.8) is 0 Å². The van der Waals surface area contributed by atoms with E-state index < -0.39 is 0 Å². The van der Waals surface area contributed by atoms with Crippen LogP contribution >= 0.6 is 11.6 Å². The van der Waals surface area contributed by atoms with Crippen molar-refractivity contribution >= 4 is 17.1 Å². The Hall–Kier alpha value is -2.00. The van der Waals surface area contributed by atoms with Gasteiger partial charge in [0.1, 0.15) is 17.4 Å². The predicted octanol–water partition coefficient (Wildman–Crippen LogP) is 4.91. The van der Waals surface area contributed by atoms with Gasteiger partial charge in [0.2, 0.25) is 0 Å². The molecule has 2 aromatic heterocycles. The first-order chi connectivity index (χ1) is 10.3. The molecule has 0 bridgehead atoms. The van der Waals surface area contributed by atoms with Crippen LogP contribution in [0.2, 0.25) is 5.02 Å². The van der Waals surface area contributed by atoms with E-state index in [0.29, 0.717) is 5.02 Å². The molecule has 0 aliphatic carbocycles. The van der Waals surface area contributed by atoms with Crippen LogP contribution in [0.5, 0.6) is 5.75 Å². The number of hydrogen-bond acceptors (Lipinski definition) is 2. The van der Waals surface area contributed by atoms with Crippen LogP contribution in [0.3, 0.4) is 0 Å². The van der Waals surface area contributed by atoms with Crippen molar-refractivity contribution in [2.24, 2.45) is 0 Å². The summed E-state index contributed by atoms with van der Waals surface area (Å²) in [5, 5.41) is 0.638. The molecular formula is C17H17ClN2O. The summed E-state index contributed by atoms with van der Waals surface area (Å²) in [7, 11) is 0. The molecule has 0 N–H and O–H groups in total. The summed E-state index contributed by atoms with van der Waals surface area (Å²) in [5.74, 6) is 0.766. The summed E-state index contributed by atoms with van der Waals surface area (Å²) < 4.78 is 8.13. The minimum absolute atomic E-state index is 0.0216. The lowest BCUT2D eigenvalue weighted by Crippen LogP contribution is -2.08. The highest BCUT2D eigenvalue weighted by Gasteiger charge is 2.15. The van der Waals surface area contributed by atoms with E-state index in [9.17, 15) is 0 Å². The minimum Gasteiger partial charge on any atom is -0.483 e. The molecule has 3 aromatic rings.